The molecule has 0 aromatic carbocycles. The number of carbonyl (C=O) groups is 2. The molecule has 0 heterocycles. The Bertz CT molecular complexity index is 340. The molecule has 0 aliphatic carbocycles. The van der Waals surface area contributed by atoms with Crippen LogP contribution in [0.25, 0.3) is 0 Å². The van der Waals surface area contributed by atoms with Gasteiger partial charge in [0.15, 0.2) is 0 Å². The molecular formula is C16H32N2O4. The van der Waals surface area contributed by atoms with Crippen LogP contribution < -0.4 is 10.6 Å². The number of amides is 2. The molecule has 2 atom stereocenters. The van der Waals surface area contributed by atoms with Crippen LogP contribution in [0, 0.1) is 0 Å². The summed E-state index contributed by atoms with van der Waals surface area (Å²) in [6.45, 7) is 10.7. The molecule has 0 fully saturated rings. The van der Waals surface area contributed by atoms with Crippen molar-refractivity contribution >= 4 is 11.8 Å². The summed E-state index contributed by atoms with van der Waals surface area (Å²) < 4.78 is 0. The van der Waals surface area contributed by atoms with Crippen molar-refractivity contribution in [3.05, 3.63) is 0 Å². The summed E-state index contributed by atoms with van der Waals surface area (Å²) in [6, 6.07) is -1.07. The first-order valence-electron chi connectivity index (χ1n) is 8.16. The van der Waals surface area contributed by atoms with Crippen LogP contribution in [0.5, 0.6) is 0 Å². The number of aliphatic hydroxyl groups is 2. The normalized spacial score (nSPS) is 15.1. The van der Waals surface area contributed by atoms with E-state index in [1.54, 1.807) is 13.8 Å². The lowest BCUT2D eigenvalue weighted by Crippen LogP contribution is -2.57. The Morgan fingerprint density at radius 2 is 1.00 bits per heavy atom. The summed E-state index contributed by atoms with van der Waals surface area (Å²) in [5.41, 5.74) is -2.07. The lowest BCUT2D eigenvalue weighted by atomic mass is 9.89. The van der Waals surface area contributed by atoms with Crippen molar-refractivity contribution in [2.75, 3.05) is 0 Å². The monoisotopic (exact) mass is 316 g/mol. The number of hydrogen-bond donors (Lipinski definition) is 4. The first-order valence-corrected chi connectivity index (χ1v) is 8.16. The molecule has 0 saturated heterocycles. The molecule has 2 amide bonds. The highest BCUT2D eigenvalue weighted by molar-refractivity contribution is 6.35. The van der Waals surface area contributed by atoms with E-state index >= 15 is 0 Å². The molecular weight excluding hydrogens is 284 g/mol. The average Bonchev–Trinajstić information content (AvgIpc) is 2.52. The molecule has 6 heteroatoms. The van der Waals surface area contributed by atoms with Gasteiger partial charge in [0.05, 0.1) is 23.3 Å². The zero-order chi connectivity index (χ0) is 17.6. The van der Waals surface area contributed by atoms with Crippen molar-refractivity contribution in [1.82, 2.24) is 10.6 Å². The SMILES string of the molecule is CCC(O)(CC)C(C)NC(=O)C(=O)NC(C)C(O)(CC)CC. The van der Waals surface area contributed by atoms with E-state index in [0.717, 1.165) is 0 Å². The largest absolute Gasteiger partial charge is 0.388 e. The summed E-state index contributed by atoms with van der Waals surface area (Å²) in [7, 11) is 0. The summed E-state index contributed by atoms with van der Waals surface area (Å²) >= 11 is 0. The van der Waals surface area contributed by atoms with Crippen LogP contribution >= 0.6 is 0 Å². The number of nitrogens with one attached hydrogen (secondary N) is 2. The van der Waals surface area contributed by atoms with E-state index in [0.29, 0.717) is 25.7 Å². The third kappa shape index (κ3) is 4.95. The van der Waals surface area contributed by atoms with Gasteiger partial charge in [-0.1, -0.05) is 27.7 Å². The van der Waals surface area contributed by atoms with Crippen molar-refractivity contribution in [2.45, 2.75) is 90.5 Å². The van der Waals surface area contributed by atoms with E-state index in [-0.39, 0.29) is 0 Å². The highest BCUT2D eigenvalue weighted by Gasteiger charge is 2.35. The minimum Gasteiger partial charge on any atom is -0.388 e. The quantitative estimate of drug-likeness (QED) is 0.504. The Hall–Kier alpha value is -1.14. The topological polar surface area (TPSA) is 98.7 Å². The smallest absolute Gasteiger partial charge is 0.309 e. The van der Waals surface area contributed by atoms with Crippen molar-refractivity contribution in [3.63, 3.8) is 0 Å². The van der Waals surface area contributed by atoms with Gasteiger partial charge in [0.1, 0.15) is 0 Å². The van der Waals surface area contributed by atoms with Gasteiger partial charge in [-0.2, -0.15) is 0 Å². The molecule has 0 radical (unpaired) electrons. The van der Waals surface area contributed by atoms with Crippen LogP contribution in [0.4, 0.5) is 0 Å². The van der Waals surface area contributed by atoms with E-state index in [9.17, 15) is 19.8 Å². The molecule has 22 heavy (non-hydrogen) atoms. The lowest BCUT2D eigenvalue weighted by molar-refractivity contribution is -0.142. The molecule has 0 spiro atoms. The molecule has 0 aromatic rings. The predicted octanol–water partition coefficient (Wildman–Crippen LogP) is 1.10. The molecule has 0 aromatic heterocycles. The third-order valence-electron chi connectivity index (χ3n) is 4.96. The second-order valence-corrected chi connectivity index (χ2v) is 6.01. The predicted molar refractivity (Wildman–Crippen MR) is 86.3 cm³/mol. The first kappa shape index (κ1) is 20.9. The van der Waals surface area contributed by atoms with E-state index in [1.807, 2.05) is 27.7 Å². The van der Waals surface area contributed by atoms with Crippen LogP contribution in [-0.2, 0) is 9.59 Å². The van der Waals surface area contributed by atoms with Crippen LogP contribution in [0.15, 0.2) is 0 Å². The Labute approximate surface area is 133 Å². The molecule has 0 aliphatic heterocycles. The maximum Gasteiger partial charge on any atom is 0.309 e. The van der Waals surface area contributed by atoms with Gasteiger partial charge in [-0.25, -0.2) is 0 Å². The van der Waals surface area contributed by atoms with E-state index in [4.69, 9.17) is 0 Å². The minimum absolute atomic E-state index is 0.481. The van der Waals surface area contributed by atoms with Crippen molar-refractivity contribution in [2.24, 2.45) is 0 Å². The molecule has 130 valence electrons. The number of carbonyl (C=O) groups excluding carboxylic acids is 2. The second-order valence-electron chi connectivity index (χ2n) is 6.01. The van der Waals surface area contributed by atoms with Crippen molar-refractivity contribution in [3.8, 4) is 0 Å². The number of hydrogen-bond acceptors (Lipinski definition) is 4. The van der Waals surface area contributed by atoms with Crippen LogP contribution in [0.3, 0.4) is 0 Å². The Morgan fingerprint density at radius 3 is 1.18 bits per heavy atom. The minimum atomic E-state index is -1.03. The van der Waals surface area contributed by atoms with Crippen LogP contribution in [0.1, 0.15) is 67.2 Å². The van der Waals surface area contributed by atoms with Gasteiger partial charge in [0.25, 0.3) is 0 Å². The fraction of sp³-hybridized carbons (Fsp3) is 0.875. The molecule has 4 N–H and O–H groups in total. The lowest BCUT2D eigenvalue weighted by Gasteiger charge is -2.34. The van der Waals surface area contributed by atoms with E-state index in [1.165, 1.54) is 0 Å². The van der Waals surface area contributed by atoms with Gasteiger partial charge >= 0.3 is 11.8 Å². The summed E-state index contributed by atoms with van der Waals surface area (Å²) in [4.78, 5) is 23.9. The molecule has 0 bridgehead atoms. The van der Waals surface area contributed by atoms with Crippen molar-refractivity contribution in [1.29, 1.82) is 0 Å². The zero-order valence-electron chi connectivity index (χ0n) is 14.7. The van der Waals surface area contributed by atoms with Gasteiger partial charge < -0.3 is 20.8 Å². The summed E-state index contributed by atoms with van der Waals surface area (Å²) in [5.74, 6) is -1.59. The number of rotatable bonds is 8. The maximum atomic E-state index is 12.0. The van der Waals surface area contributed by atoms with E-state index in [2.05, 4.69) is 10.6 Å². The van der Waals surface area contributed by atoms with Gasteiger partial charge in [-0.15, -0.1) is 0 Å². The Morgan fingerprint density at radius 1 is 0.773 bits per heavy atom. The Balaban J connectivity index is 4.73. The molecule has 0 rings (SSSR count). The molecule has 2 unspecified atom stereocenters. The third-order valence-corrected chi connectivity index (χ3v) is 4.96. The highest BCUT2D eigenvalue weighted by Crippen LogP contribution is 2.20. The van der Waals surface area contributed by atoms with E-state index < -0.39 is 35.1 Å². The van der Waals surface area contributed by atoms with Gasteiger partial charge in [-0.05, 0) is 39.5 Å². The Kier molecular flexibility index (Phi) is 8.04. The van der Waals surface area contributed by atoms with Crippen molar-refractivity contribution < 1.29 is 19.8 Å². The summed E-state index contributed by atoms with van der Waals surface area (Å²) in [6.07, 6.45) is 1.92. The average molecular weight is 316 g/mol. The van der Waals surface area contributed by atoms with Gasteiger partial charge in [0, 0.05) is 0 Å². The first-order chi connectivity index (χ1) is 10.1. The van der Waals surface area contributed by atoms with Gasteiger partial charge in [0.2, 0.25) is 0 Å². The maximum absolute atomic E-state index is 12.0. The fourth-order valence-corrected chi connectivity index (χ4v) is 2.52. The summed E-state index contributed by atoms with van der Waals surface area (Å²) in [5, 5.41) is 25.7. The molecule has 0 saturated carbocycles. The fourth-order valence-electron chi connectivity index (χ4n) is 2.52. The van der Waals surface area contributed by atoms with Crippen LogP contribution in [0.2, 0.25) is 0 Å². The molecule has 6 nitrogen and oxygen atoms in total. The van der Waals surface area contributed by atoms with Crippen LogP contribution in [-0.4, -0.2) is 45.3 Å². The van der Waals surface area contributed by atoms with Gasteiger partial charge in [-0.3, -0.25) is 9.59 Å². The highest BCUT2D eigenvalue weighted by atomic mass is 16.3. The standard InChI is InChI=1S/C16H32N2O4/c1-7-15(21,8-2)11(5)17-13(19)14(20)18-12(6)16(22,9-3)10-4/h11-12,21-22H,7-10H2,1-6H3,(H,17,19)(H,18,20). The zero-order valence-corrected chi connectivity index (χ0v) is 14.7. The molecule has 0 aliphatic rings. The second kappa shape index (κ2) is 8.48.